The molecule has 2 aromatic carbocycles. The number of carbonyl (C=O) groups excluding carboxylic acids is 2. The van der Waals surface area contributed by atoms with Crippen molar-refractivity contribution in [2.45, 2.75) is 40.7 Å². The second kappa shape index (κ2) is 7.97. The highest BCUT2D eigenvalue weighted by Gasteiger charge is 2.35. The van der Waals surface area contributed by atoms with Crippen LogP contribution in [0.4, 0.5) is 5.69 Å². The van der Waals surface area contributed by atoms with Crippen LogP contribution in [-0.4, -0.2) is 11.8 Å². The predicted molar refractivity (Wildman–Crippen MR) is 101 cm³/mol. The Bertz CT molecular complexity index is 749. The topological polar surface area (TPSA) is 58.2 Å². The van der Waals surface area contributed by atoms with Gasteiger partial charge in [0.05, 0.1) is 0 Å². The number of benzene rings is 2. The fourth-order valence-electron chi connectivity index (χ4n) is 2.44. The number of rotatable bonds is 6. The third-order valence-electron chi connectivity index (χ3n) is 4.29. The zero-order valence-corrected chi connectivity index (χ0v) is 15.3. The lowest BCUT2D eigenvalue weighted by atomic mass is 9.90. The molecule has 0 bridgehead atoms. The molecular weight excluding hydrogens is 312 g/mol. The van der Waals surface area contributed by atoms with Crippen molar-refractivity contribution in [3.8, 4) is 0 Å². The normalized spacial score (nSPS) is 11.0. The van der Waals surface area contributed by atoms with Gasteiger partial charge in [-0.2, -0.15) is 0 Å². The first kappa shape index (κ1) is 18.7. The van der Waals surface area contributed by atoms with E-state index in [0.29, 0.717) is 12.2 Å². The molecule has 0 aliphatic carbocycles. The molecule has 0 atom stereocenters. The molecule has 0 spiro atoms. The molecule has 0 aliphatic rings. The highest BCUT2D eigenvalue weighted by molar-refractivity contribution is 6.09. The van der Waals surface area contributed by atoms with Gasteiger partial charge in [-0.05, 0) is 50.5 Å². The molecule has 4 heteroatoms. The van der Waals surface area contributed by atoms with Gasteiger partial charge in [-0.1, -0.05) is 48.9 Å². The summed E-state index contributed by atoms with van der Waals surface area (Å²) in [6.45, 7) is 7.76. The summed E-state index contributed by atoms with van der Waals surface area (Å²) in [6, 6.07) is 15.6. The molecule has 0 unspecified atom stereocenters. The summed E-state index contributed by atoms with van der Waals surface area (Å²) in [7, 11) is 0. The molecule has 132 valence electrons. The number of carbonyl (C=O) groups is 2. The number of anilines is 1. The van der Waals surface area contributed by atoms with Crippen LogP contribution in [0.15, 0.2) is 48.5 Å². The summed E-state index contributed by atoms with van der Waals surface area (Å²) >= 11 is 0. The smallest absolute Gasteiger partial charge is 0.239 e. The Morgan fingerprint density at radius 2 is 1.64 bits per heavy atom. The lowest BCUT2D eigenvalue weighted by Gasteiger charge is -2.23. The van der Waals surface area contributed by atoms with Gasteiger partial charge in [0.15, 0.2) is 0 Å². The standard InChI is InChI=1S/C21H26N2O2/c1-5-16-9-11-18(12-10-16)23-20(25)21(3,4)19(24)22-14-17-8-6-7-15(2)13-17/h6-13H,5,14H2,1-4H3,(H,22,24)(H,23,25). The number of hydrogen-bond acceptors (Lipinski definition) is 2. The van der Waals surface area contributed by atoms with Crippen molar-refractivity contribution < 1.29 is 9.59 Å². The molecule has 2 rings (SSSR count). The van der Waals surface area contributed by atoms with E-state index in [1.807, 2.05) is 55.5 Å². The van der Waals surface area contributed by atoms with E-state index < -0.39 is 5.41 Å². The monoisotopic (exact) mass is 338 g/mol. The summed E-state index contributed by atoms with van der Waals surface area (Å²) in [5.74, 6) is -0.616. The molecule has 0 radical (unpaired) electrons. The Hall–Kier alpha value is -2.62. The van der Waals surface area contributed by atoms with Crippen molar-refractivity contribution in [1.82, 2.24) is 5.32 Å². The van der Waals surface area contributed by atoms with Gasteiger partial charge in [0.25, 0.3) is 0 Å². The van der Waals surface area contributed by atoms with Crippen molar-refractivity contribution in [3.05, 3.63) is 65.2 Å². The van der Waals surface area contributed by atoms with Crippen LogP contribution in [0.25, 0.3) is 0 Å². The van der Waals surface area contributed by atoms with Crippen molar-refractivity contribution in [1.29, 1.82) is 0 Å². The van der Waals surface area contributed by atoms with Crippen LogP contribution < -0.4 is 10.6 Å². The van der Waals surface area contributed by atoms with Crippen LogP contribution in [0.1, 0.15) is 37.5 Å². The number of aryl methyl sites for hydroxylation is 2. The minimum atomic E-state index is -1.16. The highest BCUT2D eigenvalue weighted by atomic mass is 16.2. The van der Waals surface area contributed by atoms with Crippen LogP contribution in [0, 0.1) is 12.3 Å². The zero-order chi connectivity index (χ0) is 18.4. The van der Waals surface area contributed by atoms with E-state index in [4.69, 9.17) is 0 Å². The van der Waals surface area contributed by atoms with Gasteiger partial charge in [0, 0.05) is 12.2 Å². The summed E-state index contributed by atoms with van der Waals surface area (Å²) < 4.78 is 0. The molecule has 2 aromatic rings. The Balaban J connectivity index is 1.97. The maximum Gasteiger partial charge on any atom is 0.239 e. The average Bonchev–Trinajstić information content (AvgIpc) is 2.60. The molecule has 0 saturated carbocycles. The lowest BCUT2D eigenvalue weighted by molar-refractivity contribution is -0.138. The van der Waals surface area contributed by atoms with Gasteiger partial charge in [-0.3, -0.25) is 9.59 Å². The Labute approximate surface area is 149 Å². The Morgan fingerprint density at radius 3 is 2.24 bits per heavy atom. The maximum absolute atomic E-state index is 12.5. The highest BCUT2D eigenvalue weighted by Crippen LogP contribution is 2.20. The largest absolute Gasteiger partial charge is 0.351 e. The molecule has 0 saturated heterocycles. The molecular formula is C21H26N2O2. The molecule has 2 N–H and O–H groups in total. The molecule has 25 heavy (non-hydrogen) atoms. The van der Waals surface area contributed by atoms with Crippen LogP contribution in [0.3, 0.4) is 0 Å². The van der Waals surface area contributed by atoms with Crippen molar-refractivity contribution in [3.63, 3.8) is 0 Å². The maximum atomic E-state index is 12.5. The minimum absolute atomic E-state index is 0.295. The van der Waals surface area contributed by atoms with Gasteiger partial charge >= 0.3 is 0 Å². The van der Waals surface area contributed by atoms with Gasteiger partial charge in [-0.25, -0.2) is 0 Å². The lowest BCUT2D eigenvalue weighted by Crippen LogP contribution is -2.44. The molecule has 0 aromatic heterocycles. The first-order valence-electron chi connectivity index (χ1n) is 8.57. The summed E-state index contributed by atoms with van der Waals surface area (Å²) in [6.07, 6.45) is 0.946. The third-order valence-corrected chi connectivity index (χ3v) is 4.29. The van der Waals surface area contributed by atoms with Crippen LogP contribution in [-0.2, 0) is 22.6 Å². The SMILES string of the molecule is CCc1ccc(NC(=O)C(C)(C)C(=O)NCc2cccc(C)c2)cc1. The number of nitrogens with one attached hydrogen (secondary N) is 2. The molecule has 0 aliphatic heterocycles. The van der Waals surface area contributed by atoms with Crippen molar-refractivity contribution in [2.24, 2.45) is 5.41 Å². The quantitative estimate of drug-likeness (QED) is 0.786. The minimum Gasteiger partial charge on any atom is -0.351 e. The number of hydrogen-bond donors (Lipinski definition) is 2. The summed E-state index contributed by atoms with van der Waals surface area (Å²) in [5, 5.41) is 5.67. The molecule has 2 amide bonds. The fourth-order valence-corrected chi connectivity index (χ4v) is 2.44. The van der Waals surface area contributed by atoms with Crippen molar-refractivity contribution in [2.75, 3.05) is 5.32 Å². The van der Waals surface area contributed by atoms with Gasteiger partial charge in [0.1, 0.15) is 5.41 Å². The second-order valence-corrected chi connectivity index (χ2v) is 6.80. The second-order valence-electron chi connectivity index (χ2n) is 6.80. The van der Waals surface area contributed by atoms with E-state index in [1.165, 1.54) is 5.56 Å². The molecule has 4 nitrogen and oxygen atoms in total. The van der Waals surface area contributed by atoms with E-state index in [9.17, 15) is 9.59 Å². The number of amides is 2. The van der Waals surface area contributed by atoms with Gasteiger partial charge in [-0.15, -0.1) is 0 Å². The third kappa shape index (κ3) is 4.92. The van der Waals surface area contributed by atoms with Crippen LogP contribution >= 0.6 is 0 Å². The van der Waals surface area contributed by atoms with Crippen molar-refractivity contribution >= 4 is 17.5 Å². The van der Waals surface area contributed by atoms with E-state index >= 15 is 0 Å². The molecule has 0 heterocycles. The van der Waals surface area contributed by atoms with E-state index in [0.717, 1.165) is 17.5 Å². The van der Waals surface area contributed by atoms with Crippen LogP contribution in [0.2, 0.25) is 0 Å². The van der Waals surface area contributed by atoms with Gasteiger partial charge < -0.3 is 10.6 Å². The van der Waals surface area contributed by atoms with E-state index in [2.05, 4.69) is 17.6 Å². The van der Waals surface area contributed by atoms with Crippen LogP contribution in [0.5, 0.6) is 0 Å². The average molecular weight is 338 g/mol. The summed E-state index contributed by atoms with van der Waals surface area (Å²) in [5.41, 5.74) is 2.89. The first-order valence-corrected chi connectivity index (χ1v) is 8.57. The Kier molecular flexibility index (Phi) is 5.97. The van der Waals surface area contributed by atoms with E-state index in [-0.39, 0.29) is 11.8 Å². The Morgan fingerprint density at radius 1 is 0.960 bits per heavy atom. The summed E-state index contributed by atoms with van der Waals surface area (Å²) in [4.78, 5) is 25.0. The van der Waals surface area contributed by atoms with Gasteiger partial charge in [0.2, 0.25) is 11.8 Å². The first-order chi connectivity index (χ1) is 11.8. The van der Waals surface area contributed by atoms with E-state index in [1.54, 1.807) is 13.8 Å². The zero-order valence-electron chi connectivity index (χ0n) is 15.3. The predicted octanol–water partition coefficient (Wildman–Crippen LogP) is 3.84. The molecule has 0 fully saturated rings. The fraction of sp³-hybridized carbons (Fsp3) is 0.333.